The molecule has 0 unspecified atom stereocenters. The van der Waals surface area contributed by atoms with E-state index in [0.29, 0.717) is 0 Å². The first kappa shape index (κ1) is 22.5. The summed E-state index contributed by atoms with van der Waals surface area (Å²) < 4.78 is 0. The average molecular weight is 313 g/mol. The molecule has 10 heavy (non-hydrogen) atoms. The summed E-state index contributed by atoms with van der Waals surface area (Å²) in [6.45, 7) is 1.91. The van der Waals surface area contributed by atoms with Gasteiger partial charge in [0.2, 0.25) is 0 Å². The Morgan fingerprint density at radius 1 is 1.40 bits per heavy atom. The summed E-state index contributed by atoms with van der Waals surface area (Å²) in [6, 6.07) is 0. The van der Waals surface area contributed by atoms with Crippen molar-refractivity contribution >= 4 is 5.84 Å². The van der Waals surface area contributed by atoms with Gasteiger partial charge in [-0.25, -0.2) is 0 Å². The van der Waals surface area contributed by atoms with Crippen molar-refractivity contribution in [2.45, 2.75) is 6.92 Å². The zero-order valence-electron chi connectivity index (χ0n) is 7.51. The molecule has 0 aliphatic carbocycles. The van der Waals surface area contributed by atoms with Crippen molar-refractivity contribution in [3.05, 3.63) is 21.9 Å². The fourth-order valence-corrected chi connectivity index (χ4v) is 0.171. The first-order chi connectivity index (χ1) is 3.18. The SMILES string of the molecule is [CH2-]N(C)C(C)=NC.[CH3-].[CH3-].[W]. The van der Waals surface area contributed by atoms with Gasteiger partial charge in [-0.2, -0.15) is 0 Å². The van der Waals surface area contributed by atoms with Gasteiger partial charge in [-0.15, -0.1) is 0 Å². The van der Waals surface area contributed by atoms with Crippen LogP contribution in [0.5, 0.6) is 0 Å². The standard InChI is InChI=1S/C5H11N2.2CH3.W/c1-5(6-2)7(3)4;;;/h3H2,1-2,4H3;2*1H3;/q3*-1;. The predicted molar refractivity (Wildman–Crippen MR) is 45.0 cm³/mol. The van der Waals surface area contributed by atoms with Crippen LogP contribution in [0.3, 0.4) is 0 Å². The molecule has 0 N–H and O–H groups in total. The smallest absolute Gasteiger partial charge is 0.0656 e. The summed E-state index contributed by atoms with van der Waals surface area (Å²) in [7, 11) is 7.22. The van der Waals surface area contributed by atoms with Crippen molar-refractivity contribution in [2.75, 3.05) is 14.1 Å². The molecule has 0 rings (SSSR count). The van der Waals surface area contributed by atoms with Gasteiger partial charge in [0, 0.05) is 28.1 Å². The third kappa shape index (κ3) is 11.0. The van der Waals surface area contributed by atoms with Gasteiger partial charge in [-0.1, -0.05) is 0 Å². The summed E-state index contributed by atoms with van der Waals surface area (Å²) in [5, 5.41) is 0. The summed E-state index contributed by atoms with van der Waals surface area (Å²) in [6.07, 6.45) is 0. The maximum Gasteiger partial charge on any atom is 0.0656 e. The fourth-order valence-electron chi connectivity index (χ4n) is 0.171. The number of hydrogen-bond donors (Lipinski definition) is 0. The van der Waals surface area contributed by atoms with Gasteiger partial charge in [0.25, 0.3) is 0 Å². The summed E-state index contributed by atoms with van der Waals surface area (Å²) in [4.78, 5) is 5.59. The third-order valence-electron chi connectivity index (χ3n) is 0.876. The summed E-state index contributed by atoms with van der Waals surface area (Å²) in [5.74, 6) is 0.944. The van der Waals surface area contributed by atoms with Gasteiger partial charge in [-0.05, 0) is 14.0 Å². The van der Waals surface area contributed by atoms with E-state index >= 15 is 0 Å². The number of hydrogen-bond acceptors (Lipinski definition) is 1. The number of aliphatic imine (C=N–C) groups is 1. The van der Waals surface area contributed by atoms with E-state index in [-0.39, 0.29) is 35.9 Å². The quantitative estimate of drug-likeness (QED) is 0.377. The number of rotatable bonds is 0. The van der Waals surface area contributed by atoms with E-state index < -0.39 is 0 Å². The molecule has 0 aliphatic rings. The Balaban J connectivity index is -0.0000000600. The van der Waals surface area contributed by atoms with E-state index in [9.17, 15) is 0 Å². The molecule has 0 radical (unpaired) electrons. The molecule has 0 aromatic carbocycles. The van der Waals surface area contributed by atoms with Crippen LogP contribution in [0.1, 0.15) is 6.92 Å². The average Bonchev–Trinajstić information content (AvgIpc) is 1.65. The first-order valence-corrected chi connectivity index (χ1v) is 2.16. The van der Waals surface area contributed by atoms with Crippen molar-refractivity contribution in [3.8, 4) is 0 Å². The molecular weight excluding hydrogens is 296 g/mol. The van der Waals surface area contributed by atoms with Gasteiger partial charge in [-0.3, -0.25) is 12.0 Å². The van der Waals surface area contributed by atoms with E-state index in [1.165, 1.54) is 0 Å². The van der Waals surface area contributed by atoms with E-state index in [4.69, 9.17) is 0 Å². The molecule has 0 aromatic rings. The molecule has 0 saturated carbocycles. The van der Waals surface area contributed by atoms with E-state index in [1.54, 1.807) is 11.9 Å². The molecule has 0 fully saturated rings. The molecule has 2 nitrogen and oxygen atoms in total. The summed E-state index contributed by atoms with van der Waals surface area (Å²) >= 11 is 0. The van der Waals surface area contributed by atoms with E-state index in [0.717, 1.165) is 5.84 Å². The van der Waals surface area contributed by atoms with Crippen LogP contribution in [0, 0.1) is 21.9 Å². The maximum absolute atomic E-state index is 3.87. The molecule has 0 spiro atoms. The maximum atomic E-state index is 3.87. The van der Waals surface area contributed by atoms with Crippen molar-refractivity contribution < 1.29 is 21.1 Å². The Kier molecular flexibility index (Phi) is 26.7. The van der Waals surface area contributed by atoms with Crippen molar-refractivity contribution in [3.63, 3.8) is 0 Å². The van der Waals surface area contributed by atoms with Crippen LogP contribution in [0.15, 0.2) is 4.99 Å². The molecule has 3 heteroatoms. The van der Waals surface area contributed by atoms with Gasteiger partial charge in [0.15, 0.2) is 0 Å². The normalized spacial score (nSPS) is 8.20. The molecule has 0 amide bonds. The monoisotopic (exact) mass is 313 g/mol. The Morgan fingerprint density at radius 3 is 1.70 bits per heavy atom. The Morgan fingerprint density at radius 2 is 1.70 bits per heavy atom. The Bertz CT molecular complexity index is 79.7. The van der Waals surface area contributed by atoms with Crippen molar-refractivity contribution in [1.82, 2.24) is 4.90 Å². The number of nitrogens with zero attached hydrogens (tertiary/aromatic N) is 2. The minimum absolute atomic E-state index is 0. The molecule has 0 saturated heterocycles. The topological polar surface area (TPSA) is 15.6 Å². The van der Waals surface area contributed by atoms with Gasteiger partial charge < -0.3 is 19.8 Å². The molecule has 0 aliphatic heterocycles. The van der Waals surface area contributed by atoms with Gasteiger partial charge in [0.05, 0.1) is 5.84 Å². The third-order valence-corrected chi connectivity index (χ3v) is 0.876. The predicted octanol–water partition coefficient (Wildman–Crippen LogP) is 1.66. The van der Waals surface area contributed by atoms with E-state index in [1.807, 2.05) is 14.0 Å². The van der Waals surface area contributed by atoms with Crippen molar-refractivity contribution in [1.29, 1.82) is 0 Å². The van der Waals surface area contributed by atoms with Crippen LogP contribution >= 0.6 is 0 Å². The minimum atomic E-state index is 0. The first-order valence-electron chi connectivity index (χ1n) is 2.16. The van der Waals surface area contributed by atoms with Crippen LogP contribution in [0.2, 0.25) is 0 Å². The second-order valence-electron chi connectivity index (χ2n) is 1.47. The zero-order valence-corrected chi connectivity index (χ0v) is 10.4. The second-order valence-corrected chi connectivity index (χ2v) is 1.47. The molecule has 0 aromatic heterocycles. The molecular formula is C7H17N2W-3. The van der Waals surface area contributed by atoms with Crippen LogP contribution in [-0.4, -0.2) is 24.8 Å². The molecule has 0 heterocycles. The minimum Gasteiger partial charge on any atom is -0.516 e. The van der Waals surface area contributed by atoms with Crippen LogP contribution < -0.4 is 0 Å². The van der Waals surface area contributed by atoms with Crippen LogP contribution in [0.4, 0.5) is 0 Å². The second kappa shape index (κ2) is 11.9. The van der Waals surface area contributed by atoms with Crippen molar-refractivity contribution in [2.24, 2.45) is 4.99 Å². The molecule has 0 bridgehead atoms. The Hall–Kier alpha value is 0.158. The van der Waals surface area contributed by atoms with Crippen LogP contribution in [-0.2, 0) is 21.1 Å². The zero-order chi connectivity index (χ0) is 5.86. The largest absolute Gasteiger partial charge is 0.516 e. The molecule has 64 valence electrons. The number of amidine groups is 1. The Labute approximate surface area is 80.0 Å². The van der Waals surface area contributed by atoms with Gasteiger partial charge in [0.1, 0.15) is 0 Å². The van der Waals surface area contributed by atoms with E-state index in [2.05, 4.69) is 12.0 Å². The molecule has 0 atom stereocenters. The van der Waals surface area contributed by atoms with Crippen LogP contribution in [0.25, 0.3) is 0 Å². The summed E-state index contributed by atoms with van der Waals surface area (Å²) in [5.41, 5.74) is 0. The fraction of sp³-hybridized carbons (Fsp3) is 0.429. The van der Waals surface area contributed by atoms with Gasteiger partial charge >= 0.3 is 0 Å².